The summed E-state index contributed by atoms with van der Waals surface area (Å²) >= 11 is 0. The van der Waals surface area contributed by atoms with Gasteiger partial charge in [-0.05, 0) is 47.5 Å². The van der Waals surface area contributed by atoms with Gasteiger partial charge in [0.1, 0.15) is 17.2 Å². The summed E-state index contributed by atoms with van der Waals surface area (Å²) in [5, 5.41) is 0. The van der Waals surface area contributed by atoms with E-state index in [1.54, 1.807) is 44.7 Å². The van der Waals surface area contributed by atoms with Gasteiger partial charge in [0.05, 0.1) is 19.8 Å². The van der Waals surface area contributed by atoms with Gasteiger partial charge in [0, 0.05) is 18.5 Å². The van der Waals surface area contributed by atoms with Crippen LogP contribution in [0.3, 0.4) is 0 Å². The first-order chi connectivity index (χ1) is 13.2. The molecule has 136 valence electrons. The lowest BCUT2D eigenvalue weighted by Crippen LogP contribution is -2.08. The molecule has 0 unspecified atom stereocenters. The number of pyridine rings is 1. The molecule has 5 nitrogen and oxygen atoms in total. The number of ether oxygens (including phenoxy) is 3. The standard InChI is InChI=1S/C22H19NO4/c1-25-20-12-17(13-21(14-20)26-2)6-5-16-7-9-19(10-8-16)27-22(24)18-4-3-11-23-15-18/h3-15H,1-2H3. The van der Waals surface area contributed by atoms with Crippen LogP contribution < -0.4 is 14.2 Å². The highest BCUT2D eigenvalue weighted by Gasteiger charge is 2.07. The Morgan fingerprint density at radius 3 is 2.11 bits per heavy atom. The number of methoxy groups -OCH3 is 2. The highest BCUT2D eigenvalue weighted by molar-refractivity contribution is 5.90. The molecular weight excluding hydrogens is 342 g/mol. The number of aromatic nitrogens is 1. The second-order valence-corrected chi connectivity index (χ2v) is 5.68. The number of rotatable bonds is 6. The van der Waals surface area contributed by atoms with Crippen LogP contribution in [-0.2, 0) is 0 Å². The second-order valence-electron chi connectivity index (χ2n) is 5.68. The van der Waals surface area contributed by atoms with Crippen molar-refractivity contribution in [2.24, 2.45) is 0 Å². The summed E-state index contributed by atoms with van der Waals surface area (Å²) < 4.78 is 15.9. The first-order valence-corrected chi connectivity index (χ1v) is 8.31. The summed E-state index contributed by atoms with van der Waals surface area (Å²) in [6.45, 7) is 0. The summed E-state index contributed by atoms with van der Waals surface area (Å²) in [6.07, 6.45) is 7.00. The second kappa shape index (κ2) is 8.67. The molecule has 0 aliphatic carbocycles. The molecule has 1 aromatic heterocycles. The average Bonchev–Trinajstić information content (AvgIpc) is 2.73. The van der Waals surface area contributed by atoms with E-state index in [1.807, 2.05) is 42.5 Å². The van der Waals surface area contributed by atoms with Gasteiger partial charge in [0.15, 0.2) is 0 Å². The molecule has 2 aromatic carbocycles. The van der Waals surface area contributed by atoms with Crippen LogP contribution in [0.4, 0.5) is 0 Å². The minimum Gasteiger partial charge on any atom is -0.497 e. The molecule has 0 saturated heterocycles. The van der Waals surface area contributed by atoms with Crippen LogP contribution in [0, 0.1) is 0 Å². The molecule has 0 atom stereocenters. The van der Waals surface area contributed by atoms with Crippen molar-refractivity contribution in [2.45, 2.75) is 0 Å². The Hall–Kier alpha value is -3.60. The lowest BCUT2D eigenvalue weighted by atomic mass is 10.1. The van der Waals surface area contributed by atoms with E-state index >= 15 is 0 Å². The Labute approximate surface area is 157 Å². The van der Waals surface area contributed by atoms with Crippen LogP contribution in [0.2, 0.25) is 0 Å². The van der Waals surface area contributed by atoms with Crippen molar-refractivity contribution < 1.29 is 19.0 Å². The van der Waals surface area contributed by atoms with Gasteiger partial charge in [0.2, 0.25) is 0 Å². The van der Waals surface area contributed by atoms with Gasteiger partial charge in [0.25, 0.3) is 0 Å². The van der Waals surface area contributed by atoms with Crippen molar-refractivity contribution >= 4 is 18.1 Å². The molecular formula is C22H19NO4. The third-order valence-corrected chi connectivity index (χ3v) is 3.83. The summed E-state index contributed by atoms with van der Waals surface area (Å²) in [7, 11) is 3.24. The van der Waals surface area contributed by atoms with Crippen LogP contribution in [0.25, 0.3) is 12.2 Å². The zero-order valence-corrected chi connectivity index (χ0v) is 15.1. The van der Waals surface area contributed by atoms with Crippen LogP contribution in [0.5, 0.6) is 17.2 Å². The van der Waals surface area contributed by atoms with E-state index in [0.717, 1.165) is 22.6 Å². The van der Waals surface area contributed by atoms with Gasteiger partial charge < -0.3 is 14.2 Å². The normalized spacial score (nSPS) is 10.6. The Morgan fingerprint density at radius 2 is 1.52 bits per heavy atom. The van der Waals surface area contributed by atoms with Crippen LogP contribution in [0.15, 0.2) is 67.0 Å². The molecule has 5 heteroatoms. The van der Waals surface area contributed by atoms with E-state index in [0.29, 0.717) is 11.3 Å². The maximum Gasteiger partial charge on any atom is 0.345 e. The Morgan fingerprint density at radius 1 is 0.852 bits per heavy atom. The van der Waals surface area contributed by atoms with E-state index in [2.05, 4.69) is 4.98 Å². The van der Waals surface area contributed by atoms with Crippen molar-refractivity contribution in [3.8, 4) is 17.2 Å². The first kappa shape index (κ1) is 18.2. The molecule has 0 aliphatic rings. The maximum atomic E-state index is 12.0. The Bertz CT molecular complexity index is 912. The van der Waals surface area contributed by atoms with E-state index in [9.17, 15) is 4.79 Å². The van der Waals surface area contributed by atoms with E-state index in [1.165, 1.54) is 6.20 Å². The van der Waals surface area contributed by atoms with Crippen molar-refractivity contribution in [2.75, 3.05) is 14.2 Å². The summed E-state index contributed by atoms with van der Waals surface area (Å²) in [5.41, 5.74) is 2.34. The van der Waals surface area contributed by atoms with Crippen molar-refractivity contribution in [1.82, 2.24) is 4.98 Å². The molecule has 0 saturated carbocycles. The highest BCUT2D eigenvalue weighted by atomic mass is 16.5. The predicted octanol–water partition coefficient (Wildman–Crippen LogP) is 4.49. The van der Waals surface area contributed by atoms with Crippen LogP contribution in [0.1, 0.15) is 21.5 Å². The molecule has 0 spiro atoms. The largest absolute Gasteiger partial charge is 0.497 e. The molecule has 0 fully saturated rings. The first-order valence-electron chi connectivity index (χ1n) is 8.31. The smallest absolute Gasteiger partial charge is 0.345 e. The van der Waals surface area contributed by atoms with Gasteiger partial charge >= 0.3 is 5.97 Å². The fraction of sp³-hybridized carbons (Fsp3) is 0.0909. The SMILES string of the molecule is COc1cc(C=Cc2ccc(OC(=O)c3cccnc3)cc2)cc(OC)c1. The van der Waals surface area contributed by atoms with Crippen molar-refractivity contribution in [3.05, 3.63) is 83.7 Å². The summed E-state index contributed by atoms with van der Waals surface area (Å²) in [5.74, 6) is 1.50. The van der Waals surface area contributed by atoms with Crippen molar-refractivity contribution in [3.63, 3.8) is 0 Å². The number of carbonyl (C=O) groups excluding carboxylic acids is 1. The molecule has 0 aliphatic heterocycles. The monoisotopic (exact) mass is 361 g/mol. The van der Waals surface area contributed by atoms with E-state index in [-0.39, 0.29) is 0 Å². The highest BCUT2D eigenvalue weighted by Crippen LogP contribution is 2.24. The third-order valence-electron chi connectivity index (χ3n) is 3.83. The molecule has 1 heterocycles. The van der Waals surface area contributed by atoms with E-state index in [4.69, 9.17) is 14.2 Å². The van der Waals surface area contributed by atoms with Gasteiger partial charge in [-0.25, -0.2) is 4.79 Å². The average molecular weight is 361 g/mol. The summed E-state index contributed by atoms with van der Waals surface area (Å²) in [4.78, 5) is 15.9. The van der Waals surface area contributed by atoms with Crippen molar-refractivity contribution in [1.29, 1.82) is 0 Å². The lowest BCUT2D eigenvalue weighted by molar-refractivity contribution is 0.0734. The zero-order valence-electron chi connectivity index (χ0n) is 15.1. The number of hydrogen-bond donors (Lipinski definition) is 0. The number of nitrogens with zero attached hydrogens (tertiary/aromatic N) is 1. The molecule has 27 heavy (non-hydrogen) atoms. The Kier molecular flexibility index (Phi) is 5.84. The topological polar surface area (TPSA) is 57.7 Å². The molecule has 0 N–H and O–H groups in total. The van der Waals surface area contributed by atoms with Gasteiger partial charge in [-0.15, -0.1) is 0 Å². The number of hydrogen-bond acceptors (Lipinski definition) is 5. The fourth-order valence-electron chi connectivity index (χ4n) is 2.41. The number of carbonyl (C=O) groups is 1. The molecule has 0 radical (unpaired) electrons. The zero-order chi connectivity index (χ0) is 19.1. The number of benzene rings is 2. The minimum atomic E-state index is -0.435. The van der Waals surface area contributed by atoms with Gasteiger partial charge in [-0.1, -0.05) is 24.3 Å². The Balaban J connectivity index is 1.69. The maximum absolute atomic E-state index is 12.0. The van der Waals surface area contributed by atoms with Gasteiger partial charge in [-0.2, -0.15) is 0 Å². The van der Waals surface area contributed by atoms with Crippen LogP contribution in [-0.4, -0.2) is 25.2 Å². The fourth-order valence-corrected chi connectivity index (χ4v) is 2.41. The van der Waals surface area contributed by atoms with Crippen LogP contribution >= 0.6 is 0 Å². The van der Waals surface area contributed by atoms with E-state index < -0.39 is 5.97 Å². The number of esters is 1. The predicted molar refractivity (Wildman–Crippen MR) is 104 cm³/mol. The molecule has 0 amide bonds. The molecule has 0 bridgehead atoms. The van der Waals surface area contributed by atoms with Gasteiger partial charge in [-0.3, -0.25) is 4.98 Å². The molecule has 3 aromatic rings. The third kappa shape index (κ3) is 4.95. The quantitative estimate of drug-likeness (QED) is 0.368. The molecule has 3 rings (SSSR count). The summed E-state index contributed by atoms with van der Waals surface area (Å²) in [6, 6.07) is 16.3. The lowest BCUT2D eigenvalue weighted by Gasteiger charge is -2.06. The minimum absolute atomic E-state index is 0.411.